The number of benzene rings is 1. The number of likely N-dealkylation sites (tertiary alicyclic amines) is 1. The van der Waals surface area contributed by atoms with E-state index in [1.54, 1.807) is 12.1 Å². The van der Waals surface area contributed by atoms with Crippen LogP contribution in [0.15, 0.2) is 24.3 Å². The van der Waals surface area contributed by atoms with Crippen LogP contribution in [0.5, 0.6) is 5.75 Å². The van der Waals surface area contributed by atoms with Crippen LogP contribution in [0, 0.1) is 5.92 Å². The first-order valence-corrected chi connectivity index (χ1v) is 8.20. The van der Waals surface area contributed by atoms with Crippen LogP contribution in [0.2, 0.25) is 0 Å². The van der Waals surface area contributed by atoms with Crippen molar-refractivity contribution in [3.8, 4) is 5.75 Å². The first kappa shape index (κ1) is 18.6. The van der Waals surface area contributed by atoms with Crippen LogP contribution in [-0.2, 0) is 11.2 Å². The van der Waals surface area contributed by atoms with Gasteiger partial charge in [0.05, 0.1) is 6.54 Å². The van der Waals surface area contributed by atoms with Crippen molar-refractivity contribution in [2.45, 2.75) is 25.9 Å². The molecule has 1 fully saturated rings. The summed E-state index contributed by atoms with van der Waals surface area (Å²) in [4.78, 5) is 14.0. The highest BCUT2D eigenvalue weighted by Gasteiger charge is 2.20. The van der Waals surface area contributed by atoms with Crippen molar-refractivity contribution in [2.24, 2.45) is 5.92 Å². The first-order chi connectivity index (χ1) is 11.6. The third kappa shape index (κ3) is 6.41. The number of aliphatic hydroxyl groups is 1. The average Bonchev–Trinajstić information content (AvgIpc) is 2.56. The van der Waals surface area contributed by atoms with E-state index in [1.165, 1.54) is 12.1 Å². The van der Waals surface area contributed by atoms with E-state index in [2.05, 4.69) is 15.0 Å². The van der Waals surface area contributed by atoms with Crippen molar-refractivity contribution in [2.75, 3.05) is 32.8 Å². The third-order valence-corrected chi connectivity index (χ3v) is 4.11. The molecule has 2 rings (SSSR count). The van der Waals surface area contributed by atoms with Crippen LogP contribution in [0.25, 0.3) is 0 Å². The number of hydrogen-bond acceptors (Lipinski definition) is 4. The van der Waals surface area contributed by atoms with Crippen LogP contribution >= 0.6 is 0 Å². The van der Waals surface area contributed by atoms with Crippen molar-refractivity contribution in [3.63, 3.8) is 0 Å². The number of alkyl halides is 2. The highest BCUT2D eigenvalue weighted by atomic mass is 19.3. The van der Waals surface area contributed by atoms with Gasteiger partial charge >= 0.3 is 6.61 Å². The molecule has 0 spiro atoms. The zero-order valence-electron chi connectivity index (χ0n) is 13.6. The fraction of sp³-hybridized carbons (Fsp3) is 0.588. The van der Waals surface area contributed by atoms with Gasteiger partial charge in [-0.1, -0.05) is 12.1 Å². The quantitative estimate of drug-likeness (QED) is 0.754. The van der Waals surface area contributed by atoms with Gasteiger partial charge in [-0.25, -0.2) is 0 Å². The molecule has 1 heterocycles. The van der Waals surface area contributed by atoms with E-state index in [0.717, 1.165) is 31.5 Å². The Bertz CT molecular complexity index is 511. The Labute approximate surface area is 140 Å². The van der Waals surface area contributed by atoms with Crippen molar-refractivity contribution in [1.82, 2.24) is 10.2 Å². The summed E-state index contributed by atoms with van der Waals surface area (Å²) >= 11 is 0. The van der Waals surface area contributed by atoms with Crippen LogP contribution < -0.4 is 10.1 Å². The van der Waals surface area contributed by atoms with Gasteiger partial charge in [0.15, 0.2) is 0 Å². The molecule has 1 aliphatic rings. The lowest BCUT2D eigenvalue weighted by atomic mass is 9.99. The lowest BCUT2D eigenvalue weighted by Crippen LogP contribution is -2.43. The molecule has 1 aromatic rings. The second-order valence-electron chi connectivity index (χ2n) is 6.05. The molecule has 1 saturated heterocycles. The number of nitrogens with zero attached hydrogens (tertiary/aromatic N) is 1. The summed E-state index contributed by atoms with van der Waals surface area (Å²) in [5.74, 6) is 0.355. The fourth-order valence-electron chi connectivity index (χ4n) is 2.89. The van der Waals surface area contributed by atoms with Crippen molar-refractivity contribution in [1.29, 1.82) is 0 Å². The second kappa shape index (κ2) is 9.54. The maximum atomic E-state index is 12.1. The third-order valence-electron chi connectivity index (χ3n) is 4.11. The molecular weight excluding hydrogens is 318 g/mol. The van der Waals surface area contributed by atoms with E-state index in [4.69, 9.17) is 0 Å². The van der Waals surface area contributed by atoms with Gasteiger partial charge in [-0.3, -0.25) is 9.69 Å². The minimum atomic E-state index is -2.82. The van der Waals surface area contributed by atoms with E-state index in [1.807, 2.05) is 0 Å². The normalized spacial score (nSPS) is 18.6. The number of piperidine rings is 1. The Morgan fingerprint density at radius 1 is 1.38 bits per heavy atom. The standard InChI is InChI=1S/C17H24F2N2O3/c18-17(19)24-15-5-3-13(4-6-15)7-8-20-16(23)11-21-9-1-2-14(10-21)12-22/h3-6,14,17,22H,1-2,7-12H2,(H,20,23). The molecule has 1 aliphatic heterocycles. The van der Waals surface area contributed by atoms with Gasteiger partial charge in [0.2, 0.25) is 5.91 Å². The smallest absolute Gasteiger partial charge is 0.387 e. The largest absolute Gasteiger partial charge is 0.435 e. The topological polar surface area (TPSA) is 61.8 Å². The Morgan fingerprint density at radius 2 is 2.12 bits per heavy atom. The summed E-state index contributed by atoms with van der Waals surface area (Å²) in [6.07, 6.45) is 2.64. The Balaban J connectivity index is 1.67. The van der Waals surface area contributed by atoms with Crippen molar-refractivity contribution in [3.05, 3.63) is 29.8 Å². The van der Waals surface area contributed by atoms with E-state index in [-0.39, 0.29) is 24.2 Å². The maximum Gasteiger partial charge on any atom is 0.387 e. The molecule has 1 amide bonds. The minimum absolute atomic E-state index is 0.0359. The SMILES string of the molecule is O=C(CN1CCCC(CO)C1)NCCc1ccc(OC(F)F)cc1. The molecule has 5 nitrogen and oxygen atoms in total. The lowest BCUT2D eigenvalue weighted by Gasteiger charge is -2.31. The molecule has 1 atom stereocenters. The van der Waals surface area contributed by atoms with Gasteiger partial charge in [0.25, 0.3) is 0 Å². The van der Waals surface area contributed by atoms with Crippen molar-refractivity contribution < 1.29 is 23.4 Å². The lowest BCUT2D eigenvalue weighted by molar-refractivity contribution is -0.122. The average molecular weight is 342 g/mol. The Morgan fingerprint density at radius 3 is 2.79 bits per heavy atom. The number of hydrogen-bond donors (Lipinski definition) is 2. The van der Waals surface area contributed by atoms with Crippen LogP contribution in [0.3, 0.4) is 0 Å². The number of carbonyl (C=O) groups excluding carboxylic acids is 1. The summed E-state index contributed by atoms with van der Waals surface area (Å²) in [5.41, 5.74) is 0.940. The zero-order valence-corrected chi connectivity index (χ0v) is 13.6. The monoisotopic (exact) mass is 342 g/mol. The van der Waals surface area contributed by atoms with Gasteiger partial charge in [0, 0.05) is 19.7 Å². The van der Waals surface area contributed by atoms with Gasteiger partial charge in [-0.2, -0.15) is 8.78 Å². The number of amides is 1. The highest BCUT2D eigenvalue weighted by molar-refractivity contribution is 5.78. The van der Waals surface area contributed by atoms with Gasteiger partial charge in [-0.05, 0) is 49.4 Å². The molecule has 1 unspecified atom stereocenters. The Kier molecular flexibility index (Phi) is 7.39. The van der Waals surface area contributed by atoms with E-state index in [9.17, 15) is 18.7 Å². The summed E-state index contributed by atoms with van der Waals surface area (Å²) in [6.45, 7) is -0.174. The van der Waals surface area contributed by atoms with Gasteiger partial charge < -0.3 is 15.2 Å². The van der Waals surface area contributed by atoms with E-state index < -0.39 is 6.61 Å². The van der Waals surface area contributed by atoms with Gasteiger partial charge in [-0.15, -0.1) is 0 Å². The number of ether oxygens (including phenoxy) is 1. The number of carbonyl (C=O) groups is 1. The van der Waals surface area contributed by atoms with Crippen LogP contribution in [0.1, 0.15) is 18.4 Å². The molecule has 0 aromatic heterocycles. The number of aliphatic hydroxyl groups excluding tert-OH is 1. The summed E-state index contributed by atoms with van der Waals surface area (Å²) in [5, 5.41) is 12.1. The molecule has 7 heteroatoms. The molecule has 0 bridgehead atoms. The molecule has 0 aliphatic carbocycles. The zero-order chi connectivity index (χ0) is 17.4. The van der Waals surface area contributed by atoms with Crippen molar-refractivity contribution >= 4 is 5.91 Å². The Hall–Kier alpha value is -1.73. The number of rotatable bonds is 8. The van der Waals surface area contributed by atoms with Crippen LogP contribution in [0.4, 0.5) is 8.78 Å². The van der Waals surface area contributed by atoms with E-state index >= 15 is 0 Å². The molecule has 1 aromatic carbocycles. The molecule has 134 valence electrons. The minimum Gasteiger partial charge on any atom is -0.435 e. The predicted octanol–water partition coefficient (Wildman–Crippen LogP) is 1.65. The molecule has 2 N–H and O–H groups in total. The first-order valence-electron chi connectivity index (χ1n) is 8.20. The molecule has 0 radical (unpaired) electrons. The number of nitrogens with one attached hydrogen (secondary N) is 1. The fourth-order valence-corrected chi connectivity index (χ4v) is 2.89. The molecule has 24 heavy (non-hydrogen) atoms. The van der Waals surface area contributed by atoms with E-state index in [0.29, 0.717) is 19.5 Å². The summed E-state index contributed by atoms with van der Waals surface area (Å²) in [6, 6.07) is 6.40. The van der Waals surface area contributed by atoms with Gasteiger partial charge in [0.1, 0.15) is 5.75 Å². The second-order valence-corrected chi connectivity index (χ2v) is 6.05. The maximum absolute atomic E-state index is 12.1. The van der Waals surface area contributed by atoms with Crippen LogP contribution in [-0.4, -0.2) is 55.3 Å². The molecule has 0 saturated carbocycles. The summed E-state index contributed by atoms with van der Waals surface area (Å²) in [7, 11) is 0. The predicted molar refractivity (Wildman–Crippen MR) is 86.0 cm³/mol. The summed E-state index contributed by atoms with van der Waals surface area (Å²) < 4.78 is 28.4. The highest BCUT2D eigenvalue weighted by Crippen LogP contribution is 2.16. The molecular formula is C17H24F2N2O3. The number of halogens is 2.